The molecule has 1 aliphatic carbocycles. The number of hydrogen-bond donors (Lipinski definition) is 0. The number of halogens is 4. The third-order valence-electron chi connectivity index (χ3n) is 5.72. The number of hydrogen-bond acceptors (Lipinski definition) is 7. The Bertz CT molecular complexity index is 1390. The molecule has 37 heavy (non-hydrogen) atoms. The molecule has 0 bridgehead atoms. The number of alkyl halides is 3. The second-order valence-electron chi connectivity index (χ2n) is 8.13. The second kappa shape index (κ2) is 9.78. The van der Waals surface area contributed by atoms with Gasteiger partial charge in [0.05, 0.1) is 29.5 Å². The Morgan fingerprint density at radius 2 is 2.03 bits per heavy atom. The lowest BCUT2D eigenvalue weighted by Crippen LogP contribution is -2.43. The summed E-state index contributed by atoms with van der Waals surface area (Å²) in [6.45, 7) is 1.13. The van der Waals surface area contributed by atoms with Gasteiger partial charge in [0.2, 0.25) is 0 Å². The van der Waals surface area contributed by atoms with Crippen molar-refractivity contribution in [3.63, 3.8) is 0 Å². The van der Waals surface area contributed by atoms with Gasteiger partial charge in [-0.1, -0.05) is 17.7 Å². The van der Waals surface area contributed by atoms with Crippen LogP contribution in [-0.2, 0) is 22.7 Å². The van der Waals surface area contributed by atoms with Crippen LogP contribution in [0.5, 0.6) is 0 Å². The van der Waals surface area contributed by atoms with Crippen LogP contribution in [0.4, 0.5) is 18.0 Å². The summed E-state index contributed by atoms with van der Waals surface area (Å²) >= 11 is 6.30. The summed E-state index contributed by atoms with van der Waals surface area (Å²) < 4.78 is 51.9. The van der Waals surface area contributed by atoms with Gasteiger partial charge in [-0.15, -0.1) is 0 Å². The van der Waals surface area contributed by atoms with Crippen LogP contribution in [0.15, 0.2) is 30.6 Å². The molecule has 1 amide bonds. The lowest BCUT2D eigenvalue weighted by Gasteiger charge is -2.27. The largest absolute Gasteiger partial charge is 0.509 e. The summed E-state index contributed by atoms with van der Waals surface area (Å²) in [4.78, 5) is 26.2. The van der Waals surface area contributed by atoms with Crippen LogP contribution in [0.1, 0.15) is 35.7 Å². The van der Waals surface area contributed by atoms with Gasteiger partial charge in [0.1, 0.15) is 17.3 Å². The van der Waals surface area contributed by atoms with Gasteiger partial charge in [-0.3, -0.25) is 9.69 Å². The van der Waals surface area contributed by atoms with Crippen molar-refractivity contribution < 1.29 is 32.2 Å². The van der Waals surface area contributed by atoms with Gasteiger partial charge in [-0.05, 0) is 37.5 Å². The molecule has 0 saturated heterocycles. The van der Waals surface area contributed by atoms with E-state index in [0.717, 1.165) is 14.3 Å². The summed E-state index contributed by atoms with van der Waals surface area (Å²) in [6, 6.07) is 6.52. The number of carbonyl (C=O) groups is 2. The van der Waals surface area contributed by atoms with Crippen molar-refractivity contribution in [2.45, 2.75) is 31.5 Å². The maximum atomic E-state index is 13.5. The SMILES string of the molecule is CCOC(=O)OCN(C(=O)c1cc(-c2cnn(-c3c(C(F)(F)F)[c]nn3C)c2)ccc1Cl)C1(C#N)CC1. The van der Waals surface area contributed by atoms with E-state index < -0.39 is 36.1 Å². The van der Waals surface area contributed by atoms with Gasteiger partial charge in [-0.25, -0.2) is 14.2 Å². The maximum Gasteiger partial charge on any atom is 0.509 e. The molecule has 1 saturated carbocycles. The predicted octanol–water partition coefficient (Wildman–Crippen LogP) is 4.37. The number of aryl methyl sites for hydroxylation is 1. The van der Waals surface area contributed by atoms with E-state index in [2.05, 4.69) is 16.3 Å². The second-order valence-corrected chi connectivity index (χ2v) is 8.54. The van der Waals surface area contributed by atoms with E-state index in [1.54, 1.807) is 13.0 Å². The van der Waals surface area contributed by atoms with Crippen LogP contribution in [0, 0.1) is 17.5 Å². The number of nitriles is 1. The van der Waals surface area contributed by atoms with E-state index >= 15 is 0 Å². The summed E-state index contributed by atoms with van der Waals surface area (Å²) in [7, 11) is 1.33. The van der Waals surface area contributed by atoms with Crippen molar-refractivity contribution >= 4 is 23.7 Å². The number of amides is 1. The van der Waals surface area contributed by atoms with E-state index in [9.17, 15) is 28.0 Å². The highest BCUT2D eigenvalue weighted by Gasteiger charge is 2.52. The molecule has 0 aliphatic heterocycles. The highest BCUT2D eigenvalue weighted by Crippen LogP contribution is 2.42. The Hall–Kier alpha value is -4.05. The highest BCUT2D eigenvalue weighted by molar-refractivity contribution is 6.34. The highest BCUT2D eigenvalue weighted by atomic mass is 35.5. The van der Waals surface area contributed by atoms with Gasteiger partial charge in [-0.2, -0.15) is 28.6 Å². The molecule has 1 aromatic carbocycles. The maximum absolute atomic E-state index is 13.5. The summed E-state index contributed by atoms with van der Waals surface area (Å²) in [6.07, 6.45) is -0.302. The fourth-order valence-electron chi connectivity index (χ4n) is 3.65. The van der Waals surface area contributed by atoms with Crippen molar-refractivity contribution in [2.75, 3.05) is 13.3 Å². The van der Waals surface area contributed by atoms with Gasteiger partial charge < -0.3 is 9.47 Å². The first-order chi connectivity index (χ1) is 17.5. The number of benzene rings is 1. The van der Waals surface area contributed by atoms with Gasteiger partial charge >= 0.3 is 12.3 Å². The molecule has 2 heterocycles. The van der Waals surface area contributed by atoms with Crippen molar-refractivity contribution in [2.24, 2.45) is 7.05 Å². The standard InChI is InChI=1S/C23H19ClF3N6O4/c1-3-36-21(35)37-13-32(22(12-28)6-7-22)20(34)16-8-14(4-5-18(16)24)15-9-30-33(11-15)19-17(23(25,26)27)10-29-31(19)2/h4-5,8-9,11H,3,6-7,13H2,1-2H3. The minimum atomic E-state index is -4.69. The first-order valence-electron chi connectivity index (χ1n) is 10.9. The quantitative estimate of drug-likeness (QED) is 0.326. The fourth-order valence-corrected chi connectivity index (χ4v) is 3.85. The first kappa shape index (κ1) is 26.0. The number of nitrogens with zero attached hydrogens (tertiary/aromatic N) is 6. The molecular formula is C23H19ClF3N6O4. The molecule has 0 unspecified atom stereocenters. The number of carbonyl (C=O) groups excluding carboxylic acids is 2. The Morgan fingerprint density at radius 1 is 1.30 bits per heavy atom. The molecular weight excluding hydrogens is 517 g/mol. The monoisotopic (exact) mass is 535 g/mol. The van der Waals surface area contributed by atoms with Crippen molar-refractivity contribution in [3.05, 3.63) is 52.9 Å². The zero-order valence-corrected chi connectivity index (χ0v) is 20.3. The molecule has 0 N–H and O–H groups in total. The third-order valence-corrected chi connectivity index (χ3v) is 6.05. The molecule has 1 aliphatic rings. The number of ether oxygens (including phenoxy) is 2. The minimum absolute atomic E-state index is 0.00532. The minimum Gasteiger partial charge on any atom is -0.435 e. The van der Waals surface area contributed by atoms with E-state index in [-0.39, 0.29) is 23.0 Å². The first-order valence-corrected chi connectivity index (χ1v) is 11.3. The van der Waals surface area contributed by atoms with E-state index in [4.69, 9.17) is 21.1 Å². The van der Waals surface area contributed by atoms with Gasteiger partial charge in [0, 0.05) is 18.8 Å². The summed E-state index contributed by atoms with van der Waals surface area (Å²) in [5.74, 6) is -1.00. The fraction of sp³-hybridized carbons (Fsp3) is 0.348. The average Bonchev–Trinajstić information content (AvgIpc) is 3.29. The summed E-state index contributed by atoms with van der Waals surface area (Å²) in [5, 5.41) is 17.3. The van der Waals surface area contributed by atoms with Crippen molar-refractivity contribution in [3.8, 4) is 23.0 Å². The van der Waals surface area contributed by atoms with E-state index in [1.165, 1.54) is 31.6 Å². The Labute approximate surface area is 213 Å². The molecule has 1 radical (unpaired) electrons. The van der Waals surface area contributed by atoms with Crippen molar-refractivity contribution in [1.29, 1.82) is 5.26 Å². The van der Waals surface area contributed by atoms with Crippen LogP contribution in [-0.4, -0.2) is 55.4 Å². The van der Waals surface area contributed by atoms with Gasteiger partial charge in [0.15, 0.2) is 12.5 Å². The van der Waals surface area contributed by atoms with Crippen LogP contribution in [0.25, 0.3) is 16.9 Å². The van der Waals surface area contributed by atoms with Crippen molar-refractivity contribution in [1.82, 2.24) is 24.5 Å². The molecule has 10 nitrogen and oxygen atoms in total. The van der Waals surface area contributed by atoms with Crippen LogP contribution in [0.3, 0.4) is 0 Å². The van der Waals surface area contributed by atoms with E-state index in [0.29, 0.717) is 24.0 Å². The molecule has 193 valence electrons. The molecule has 0 atom stereocenters. The van der Waals surface area contributed by atoms with E-state index in [1.807, 2.05) is 6.20 Å². The third kappa shape index (κ3) is 5.10. The molecule has 0 spiro atoms. The molecule has 1 fully saturated rings. The lowest BCUT2D eigenvalue weighted by molar-refractivity contribution is -0.137. The Balaban J connectivity index is 1.66. The predicted molar refractivity (Wildman–Crippen MR) is 121 cm³/mol. The smallest absolute Gasteiger partial charge is 0.435 e. The van der Waals surface area contributed by atoms with Crippen LogP contribution < -0.4 is 0 Å². The molecule has 14 heteroatoms. The molecule has 2 aromatic heterocycles. The summed E-state index contributed by atoms with van der Waals surface area (Å²) in [5.41, 5.74) is -1.42. The number of aromatic nitrogens is 4. The van der Waals surface area contributed by atoms with Crippen LogP contribution in [0.2, 0.25) is 5.02 Å². The van der Waals surface area contributed by atoms with Gasteiger partial charge in [0.25, 0.3) is 5.91 Å². The molecule has 4 rings (SSSR count). The Morgan fingerprint density at radius 3 is 2.65 bits per heavy atom. The number of rotatable bonds is 7. The zero-order valence-electron chi connectivity index (χ0n) is 19.5. The topological polar surface area (TPSA) is 115 Å². The average molecular weight is 536 g/mol. The zero-order chi connectivity index (χ0) is 27.0. The molecule has 3 aromatic rings. The Kier molecular flexibility index (Phi) is 6.88. The normalized spacial score (nSPS) is 14.1. The van der Waals surface area contributed by atoms with Crippen LogP contribution >= 0.6 is 11.6 Å². The lowest BCUT2D eigenvalue weighted by atomic mass is 10.0.